The van der Waals surface area contributed by atoms with E-state index in [-0.39, 0.29) is 6.04 Å². The van der Waals surface area contributed by atoms with E-state index in [2.05, 4.69) is 22.0 Å². The first-order valence-electron chi connectivity index (χ1n) is 5.61. The topological polar surface area (TPSA) is 35.2 Å². The van der Waals surface area contributed by atoms with Crippen molar-refractivity contribution >= 4 is 38.9 Å². The van der Waals surface area contributed by atoms with E-state index in [0.717, 1.165) is 38.0 Å². The van der Waals surface area contributed by atoms with Gasteiger partial charge in [0.1, 0.15) is 5.75 Å². The Balaban J connectivity index is 1.94. The number of fused-ring (bicyclic) bond motifs is 1. The number of ether oxygens (including phenoxy) is 1. The Labute approximate surface area is 123 Å². The summed E-state index contributed by atoms with van der Waals surface area (Å²) in [5.41, 5.74) is 8.62. The highest BCUT2D eigenvalue weighted by Crippen LogP contribution is 2.37. The lowest BCUT2D eigenvalue weighted by Gasteiger charge is -2.11. The summed E-state index contributed by atoms with van der Waals surface area (Å²) in [6.45, 7) is 0.768. The lowest BCUT2D eigenvalue weighted by atomic mass is 10.0. The van der Waals surface area contributed by atoms with E-state index in [1.54, 1.807) is 11.3 Å². The second-order valence-electron chi connectivity index (χ2n) is 4.21. The second kappa shape index (κ2) is 4.85. The van der Waals surface area contributed by atoms with Gasteiger partial charge < -0.3 is 10.5 Å². The fraction of sp³-hybridized carbons (Fsp3) is 0.231. The van der Waals surface area contributed by atoms with Gasteiger partial charge >= 0.3 is 0 Å². The molecule has 0 fully saturated rings. The number of halogens is 2. The Kier molecular flexibility index (Phi) is 3.36. The van der Waals surface area contributed by atoms with Crippen molar-refractivity contribution in [2.75, 3.05) is 6.61 Å². The number of benzene rings is 1. The summed E-state index contributed by atoms with van der Waals surface area (Å²) in [5.74, 6) is 0.983. The Bertz CT molecular complexity index is 579. The van der Waals surface area contributed by atoms with Crippen molar-refractivity contribution in [2.45, 2.75) is 12.5 Å². The summed E-state index contributed by atoms with van der Waals surface area (Å²) in [4.78, 5) is 1.06. The fourth-order valence-corrected chi connectivity index (χ4v) is 3.86. The van der Waals surface area contributed by atoms with Gasteiger partial charge in [-0.3, -0.25) is 0 Å². The summed E-state index contributed by atoms with van der Waals surface area (Å²) in [5, 5.41) is 0.718. The highest BCUT2D eigenvalue weighted by molar-refractivity contribution is 9.11. The average molecular weight is 345 g/mol. The van der Waals surface area contributed by atoms with E-state index >= 15 is 0 Å². The minimum atomic E-state index is -0.135. The minimum Gasteiger partial charge on any atom is -0.493 e. The highest BCUT2D eigenvalue weighted by atomic mass is 79.9. The quantitative estimate of drug-likeness (QED) is 0.888. The summed E-state index contributed by atoms with van der Waals surface area (Å²) < 4.78 is 6.43. The zero-order chi connectivity index (χ0) is 12.7. The maximum Gasteiger partial charge on any atom is 0.122 e. The Morgan fingerprint density at radius 3 is 2.94 bits per heavy atom. The molecule has 0 saturated heterocycles. The van der Waals surface area contributed by atoms with Crippen molar-refractivity contribution in [1.29, 1.82) is 0 Å². The third kappa shape index (κ3) is 2.18. The zero-order valence-corrected chi connectivity index (χ0v) is 12.6. The molecular formula is C13H11BrClNOS. The van der Waals surface area contributed by atoms with Crippen LogP contribution in [0.4, 0.5) is 0 Å². The van der Waals surface area contributed by atoms with E-state index < -0.39 is 0 Å². The van der Waals surface area contributed by atoms with Gasteiger partial charge in [-0.15, -0.1) is 11.3 Å². The first-order chi connectivity index (χ1) is 8.65. The Hall–Kier alpha value is -0.550. The van der Waals surface area contributed by atoms with Crippen LogP contribution in [0.25, 0.3) is 0 Å². The highest BCUT2D eigenvalue weighted by Gasteiger charge is 2.18. The lowest BCUT2D eigenvalue weighted by Crippen LogP contribution is -2.10. The molecule has 2 nitrogen and oxygen atoms in total. The molecule has 1 unspecified atom stereocenters. The van der Waals surface area contributed by atoms with Crippen molar-refractivity contribution in [3.63, 3.8) is 0 Å². The SMILES string of the molecule is NC(c1ccc2c(c1)CCO2)c1cc(Cl)c(Br)s1. The standard InChI is InChI=1S/C13H11BrClNOS/c14-13-9(15)6-11(18-13)12(16)8-1-2-10-7(5-8)3-4-17-10/h1-2,5-6,12H,3-4,16H2. The first kappa shape index (κ1) is 12.5. The maximum atomic E-state index is 6.28. The number of rotatable bonds is 2. The molecule has 1 aromatic heterocycles. The molecule has 1 aliphatic heterocycles. The van der Waals surface area contributed by atoms with E-state index in [1.807, 2.05) is 18.2 Å². The molecule has 5 heteroatoms. The van der Waals surface area contributed by atoms with Crippen molar-refractivity contribution in [3.05, 3.63) is 49.1 Å². The maximum absolute atomic E-state index is 6.28. The smallest absolute Gasteiger partial charge is 0.122 e. The van der Waals surface area contributed by atoms with Crippen LogP contribution in [-0.4, -0.2) is 6.61 Å². The molecule has 2 heterocycles. The number of hydrogen-bond donors (Lipinski definition) is 1. The van der Waals surface area contributed by atoms with Gasteiger partial charge in [-0.2, -0.15) is 0 Å². The Morgan fingerprint density at radius 1 is 1.39 bits per heavy atom. The molecule has 0 radical (unpaired) electrons. The number of thiophene rings is 1. The monoisotopic (exact) mass is 343 g/mol. The van der Waals surface area contributed by atoms with Crippen LogP contribution >= 0.6 is 38.9 Å². The molecule has 0 aliphatic carbocycles. The molecule has 1 aliphatic rings. The van der Waals surface area contributed by atoms with Crippen LogP contribution < -0.4 is 10.5 Å². The van der Waals surface area contributed by atoms with Crippen molar-refractivity contribution in [3.8, 4) is 5.75 Å². The molecule has 2 N–H and O–H groups in total. The Morgan fingerprint density at radius 2 is 2.22 bits per heavy atom. The molecule has 3 rings (SSSR count). The predicted molar refractivity (Wildman–Crippen MR) is 78.7 cm³/mol. The molecule has 94 valence electrons. The normalized spacial score (nSPS) is 15.3. The van der Waals surface area contributed by atoms with Gasteiger partial charge in [-0.25, -0.2) is 0 Å². The molecule has 18 heavy (non-hydrogen) atoms. The van der Waals surface area contributed by atoms with Gasteiger partial charge in [0.05, 0.1) is 21.5 Å². The van der Waals surface area contributed by atoms with Gasteiger partial charge in [-0.1, -0.05) is 23.7 Å². The van der Waals surface area contributed by atoms with Crippen molar-refractivity contribution in [1.82, 2.24) is 0 Å². The second-order valence-corrected chi connectivity index (χ2v) is 7.02. The van der Waals surface area contributed by atoms with Crippen LogP contribution in [0.5, 0.6) is 5.75 Å². The first-order valence-corrected chi connectivity index (χ1v) is 7.60. The molecule has 0 amide bonds. The van der Waals surface area contributed by atoms with Crippen LogP contribution in [0.15, 0.2) is 28.1 Å². The summed E-state index contributed by atoms with van der Waals surface area (Å²) in [7, 11) is 0. The largest absolute Gasteiger partial charge is 0.493 e. The third-order valence-corrected chi connectivity index (χ3v) is 5.60. The molecule has 1 atom stereocenters. The molecule has 0 spiro atoms. The van der Waals surface area contributed by atoms with Crippen LogP contribution in [0.2, 0.25) is 5.02 Å². The van der Waals surface area contributed by atoms with Gasteiger partial charge in [0.15, 0.2) is 0 Å². The van der Waals surface area contributed by atoms with Gasteiger partial charge in [0.2, 0.25) is 0 Å². The van der Waals surface area contributed by atoms with Crippen LogP contribution in [0, 0.1) is 0 Å². The van der Waals surface area contributed by atoms with Crippen LogP contribution in [0.1, 0.15) is 22.0 Å². The van der Waals surface area contributed by atoms with E-state index in [4.69, 9.17) is 22.1 Å². The summed E-state index contributed by atoms with van der Waals surface area (Å²) in [6, 6.07) is 7.95. The molecule has 1 aromatic carbocycles. The fourth-order valence-electron chi connectivity index (χ4n) is 2.08. The van der Waals surface area contributed by atoms with Crippen LogP contribution in [0.3, 0.4) is 0 Å². The van der Waals surface area contributed by atoms with E-state index in [0.29, 0.717) is 0 Å². The molecule has 2 aromatic rings. The van der Waals surface area contributed by atoms with Crippen molar-refractivity contribution < 1.29 is 4.74 Å². The van der Waals surface area contributed by atoms with Gasteiger partial charge in [-0.05, 0) is 39.2 Å². The number of nitrogens with two attached hydrogens (primary N) is 1. The van der Waals surface area contributed by atoms with Gasteiger partial charge in [0.25, 0.3) is 0 Å². The molecule has 0 bridgehead atoms. The minimum absolute atomic E-state index is 0.135. The van der Waals surface area contributed by atoms with Crippen molar-refractivity contribution in [2.24, 2.45) is 5.73 Å². The zero-order valence-electron chi connectivity index (χ0n) is 9.45. The predicted octanol–water partition coefficient (Wildman–Crippen LogP) is 4.15. The van der Waals surface area contributed by atoms with E-state index in [1.165, 1.54) is 5.56 Å². The number of hydrogen-bond acceptors (Lipinski definition) is 3. The molecule has 0 saturated carbocycles. The van der Waals surface area contributed by atoms with Crippen LogP contribution in [-0.2, 0) is 6.42 Å². The van der Waals surface area contributed by atoms with Gasteiger partial charge in [0, 0.05) is 11.3 Å². The molecular weight excluding hydrogens is 334 g/mol. The van der Waals surface area contributed by atoms with E-state index in [9.17, 15) is 0 Å². The average Bonchev–Trinajstić information content (AvgIpc) is 2.95. The third-order valence-electron chi connectivity index (χ3n) is 3.04. The summed E-state index contributed by atoms with van der Waals surface area (Å²) in [6.07, 6.45) is 0.963. The summed E-state index contributed by atoms with van der Waals surface area (Å²) >= 11 is 11.0. The lowest BCUT2D eigenvalue weighted by molar-refractivity contribution is 0.357.